The minimum atomic E-state index is -2.26. The first-order valence-electron chi connectivity index (χ1n) is 15.5. The fraction of sp³-hybridized carbons (Fsp3) is 0.545. The molecule has 4 atom stereocenters. The smallest absolute Gasteiger partial charge is 0.408 e. The van der Waals surface area contributed by atoms with E-state index in [0.29, 0.717) is 4.91 Å². The van der Waals surface area contributed by atoms with Gasteiger partial charge in [0, 0.05) is 32.5 Å². The molecule has 14 nitrogen and oxygen atoms in total. The zero-order valence-electron chi connectivity index (χ0n) is 28.8. The number of carbonyl (C=O) groups excluding carboxylic acids is 6. The number of amides is 4. The molecule has 1 aromatic rings. The molecule has 0 bridgehead atoms. The van der Waals surface area contributed by atoms with E-state index in [2.05, 4.69) is 21.3 Å². The third-order valence-corrected chi connectivity index (χ3v) is 7.96. The van der Waals surface area contributed by atoms with Crippen LogP contribution in [0.15, 0.2) is 41.3 Å². The molecule has 0 saturated carbocycles. The quantitative estimate of drug-likeness (QED) is 0.0912. The van der Waals surface area contributed by atoms with Crippen molar-refractivity contribution >= 4 is 50.6 Å². The summed E-state index contributed by atoms with van der Waals surface area (Å²) in [6.07, 6.45) is 1.54. The molecular formula is C33H48N4O10S. The van der Waals surface area contributed by atoms with Gasteiger partial charge in [-0.3, -0.25) is 28.2 Å². The highest BCUT2D eigenvalue weighted by Gasteiger charge is 2.29. The molecule has 1 aliphatic heterocycles. The highest BCUT2D eigenvalue weighted by Crippen LogP contribution is 2.20. The van der Waals surface area contributed by atoms with Gasteiger partial charge in [-0.15, -0.1) is 0 Å². The van der Waals surface area contributed by atoms with Gasteiger partial charge in [-0.25, -0.2) is 4.79 Å². The minimum Gasteiger partial charge on any atom is -0.460 e. The third kappa shape index (κ3) is 15.9. The predicted octanol–water partition coefficient (Wildman–Crippen LogP) is 1.85. The second-order valence-corrected chi connectivity index (χ2v) is 15.9. The second-order valence-electron chi connectivity index (χ2n) is 13.4. The number of carbonyl (C=O) groups is 6. The van der Waals surface area contributed by atoms with Crippen molar-refractivity contribution in [1.29, 1.82) is 0 Å². The summed E-state index contributed by atoms with van der Waals surface area (Å²) < 4.78 is 28.0. The topological polar surface area (TPSA) is 195 Å². The third-order valence-electron chi connectivity index (χ3n) is 6.32. The van der Waals surface area contributed by atoms with Crippen molar-refractivity contribution in [2.75, 3.05) is 12.8 Å². The van der Waals surface area contributed by atoms with Gasteiger partial charge < -0.3 is 35.5 Å². The lowest BCUT2D eigenvalue weighted by atomic mass is 10.1. The number of benzene rings is 1. The number of rotatable bonds is 15. The predicted molar refractivity (Wildman–Crippen MR) is 180 cm³/mol. The largest absolute Gasteiger partial charge is 0.460 e. The highest BCUT2D eigenvalue weighted by molar-refractivity contribution is 8.14. The summed E-state index contributed by atoms with van der Waals surface area (Å²) >= 11 is 0. The molecule has 1 aliphatic rings. The zero-order chi connectivity index (χ0) is 36.3. The van der Waals surface area contributed by atoms with Crippen LogP contribution < -0.4 is 21.3 Å². The van der Waals surface area contributed by atoms with Crippen molar-refractivity contribution in [2.45, 2.75) is 104 Å². The monoisotopic (exact) mass is 692 g/mol. The average molecular weight is 693 g/mol. The minimum absolute atomic E-state index is 0.0185. The molecular weight excluding hydrogens is 644 g/mol. The van der Waals surface area contributed by atoms with Gasteiger partial charge in [-0.1, -0.05) is 30.3 Å². The van der Waals surface area contributed by atoms with E-state index in [9.17, 15) is 33.0 Å². The van der Waals surface area contributed by atoms with E-state index in [1.54, 1.807) is 65.8 Å². The Morgan fingerprint density at radius 3 is 2.00 bits per heavy atom. The average Bonchev–Trinajstić information content (AvgIpc) is 3.55. The van der Waals surface area contributed by atoms with E-state index >= 15 is 0 Å². The molecule has 48 heavy (non-hydrogen) atoms. The molecule has 0 aliphatic carbocycles. The molecule has 0 fully saturated rings. The lowest BCUT2D eigenvalue weighted by Crippen LogP contribution is -2.54. The Balaban J connectivity index is 2.03. The molecule has 4 amide bonds. The lowest BCUT2D eigenvalue weighted by molar-refractivity contribution is -0.156. The molecule has 4 N–H and O–H groups in total. The summed E-state index contributed by atoms with van der Waals surface area (Å²) in [5.74, 6) is -3.40. The van der Waals surface area contributed by atoms with Gasteiger partial charge in [0.05, 0.1) is 19.0 Å². The maximum atomic E-state index is 13.2. The van der Waals surface area contributed by atoms with Gasteiger partial charge in [0.15, 0.2) is 0 Å². The van der Waals surface area contributed by atoms with Crippen LogP contribution in [0.1, 0.15) is 73.3 Å². The molecule has 4 unspecified atom stereocenters. The zero-order valence-corrected chi connectivity index (χ0v) is 29.6. The Morgan fingerprint density at radius 2 is 1.44 bits per heavy atom. The summed E-state index contributed by atoms with van der Waals surface area (Å²) in [6, 6.07) is 5.66. The van der Waals surface area contributed by atoms with Crippen LogP contribution in [0.4, 0.5) is 4.79 Å². The van der Waals surface area contributed by atoms with Crippen LogP contribution in [-0.4, -0.2) is 87.5 Å². The molecule has 1 aromatic carbocycles. The van der Waals surface area contributed by atoms with E-state index in [0.717, 1.165) is 5.56 Å². The van der Waals surface area contributed by atoms with Gasteiger partial charge in [0.2, 0.25) is 17.7 Å². The van der Waals surface area contributed by atoms with Gasteiger partial charge in [0.1, 0.15) is 29.9 Å². The van der Waals surface area contributed by atoms with E-state index in [1.165, 1.54) is 24.6 Å². The van der Waals surface area contributed by atoms with Gasteiger partial charge in [-0.2, -0.15) is 0 Å². The standard InChI is InChI=1S/C33H48N4O10S/c1-21(35-31(43)45-19-22-12-10-9-11-13-22)29(41)37-25(14-15-27(39)46-32(2,3)4)30(42)34-18-26(38)36-23(16-24-20-48(24,8)44)17-28(40)47-33(5,6)7/h9-13,16,20-21,23,25H,14-15,17-19H2,1-8H3,(H,34,42)(H,35,43)(H,36,38)(H,37,41). The van der Waals surface area contributed by atoms with Crippen molar-refractivity contribution in [3.05, 3.63) is 46.9 Å². The summed E-state index contributed by atoms with van der Waals surface area (Å²) in [6.45, 7) is 11.0. The summed E-state index contributed by atoms with van der Waals surface area (Å²) in [5.41, 5.74) is -0.787. The van der Waals surface area contributed by atoms with E-state index in [1.807, 2.05) is 6.07 Å². The SMILES string of the molecule is CC(NC(=O)OCc1ccccc1)C(=O)NC(CCC(=O)OC(C)(C)C)C(=O)NCC(=O)NC(C=C1C=S1(C)=O)CC(=O)OC(C)(C)C. The second kappa shape index (κ2) is 17.1. The first kappa shape index (κ1) is 39.8. The first-order valence-corrected chi connectivity index (χ1v) is 17.5. The van der Waals surface area contributed by atoms with E-state index < -0.39 is 81.1 Å². The molecule has 1 heterocycles. The van der Waals surface area contributed by atoms with Crippen molar-refractivity contribution in [3.63, 3.8) is 0 Å². The van der Waals surface area contributed by atoms with Crippen LogP contribution in [-0.2, 0) is 54.3 Å². The van der Waals surface area contributed by atoms with Crippen molar-refractivity contribution in [3.8, 4) is 0 Å². The molecule has 0 spiro atoms. The maximum absolute atomic E-state index is 13.2. The number of nitrogens with one attached hydrogen (secondary N) is 4. The van der Waals surface area contributed by atoms with Crippen LogP contribution in [0, 0.1) is 0 Å². The fourth-order valence-corrected chi connectivity index (χ4v) is 5.38. The molecule has 2 rings (SSSR count). The molecule has 0 aromatic heterocycles. The summed E-state index contributed by atoms with van der Waals surface area (Å²) in [4.78, 5) is 76.5. The lowest BCUT2D eigenvalue weighted by Gasteiger charge is -2.23. The molecule has 0 saturated heterocycles. The van der Waals surface area contributed by atoms with Crippen molar-refractivity contribution in [1.82, 2.24) is 21.3 Å². The number of hydrogen-bond acceptors (Lipinski definition) is 10. The first-order chi connectivity index (χ1) is 22.1. The number of hydrogen-bond donors (Lipinski definition) is 4. The van der Waals surface area contributed by atoms with Crippen LogP contribution in [0.25, 0.3) is 0 Å². The maximum Gasteiger partial charge on any atom is 0.408 e. The number of allylic oxidation sites excluding steroid dienone is 1. The van der Waals surface area contributed by atoms with Crippen molar-refractivity contribution in [2.24, 2.45) is 0 Å². The highest BCUT2D eigenvalue weighted by atomic mass is 32.2. The van der Waals surface area contributed by atoms with Gasteiger partial charge in [0.25, 0.3) is 0 Å². The Bertz CT molecular complexity index is 1500. The van der Waals surface area contributed by atoms with E-state index in [-0.39, 0.29) is 25.9 Å². The van der Waals surface area contributed by atoms with Crippen molar-refractivity contribution < 1.29 is 47.2 Å². The van der Waals surface area contributed by atoms with Crippen LogP contribution in [0.2, 0.25) is 0 Å². The number of esters is 2. The van der Waals surface area contributed by atoms with Crippen LogP contribution in [0.3, 0.4) is 0 Å². The number of ether oxygens (including phenoxy) is 3. The number of alkyl carbamates (subject to hydrolysis) is 1. The molecule has 15 heteroatoms. The molecule has 0 radical (unpaired) electrons. The normalized spacial score (nSPS) is 18.2. The van der Waals surface area contributed by atoms with Crippen LogP contribution >= 0.6 is 0 Å². The summed E-state index contributed by atoms with van der Waals surface area (Å²) in [7, 11) is -2.26. The van der Waals surface area contributed by atoms with Crippen LogP contribution in [0.5, 0.6) is 0 Å². The van der Waals surface area contributed by atoms with E-state index in [4.69, 9.17) is 14.2 Å². The fourth-order valence-electron chi connectivity index (χ4n) is 4.06. The van der Waals surface area contributed by atoms with Gasteiger partial charge >= 0.3 is 18.0 Å². The molecule has 266 valence electrons. The Kier molecular flexibility index (Phi) is 14.2. The summed E-state index contributed by atoms with van der Waals surface area (Å²) in [5, 5.41) is 11.5. The van der Waals surface area contributed by atoms with Gasteiger partial charge in [-0.05, 0) is 66.5 Å². The Morgan fingerprint density at radius 1 is 0.854 bits per heavy atom. The Labute approximate surface area is 282 Å². The Hall–Kier alpha value is -4.40.